The molecule has 2 aliphatic rings. The number of anilines is 1. The highest BCUT2D eigenvalue weighted by atomic mass is 35.5. The number of aromatic nitrogens is 1. The van der Waals surface area contributed by atoms with E-state index in [9.17, 15) is 10.1 Å². The summed E-state index contributed by atoms with van der Waals surface area (Å²) in [5, 5.41) is 11.2. The standard InChI is InChI=1S/C22H26ClN5O/c1-26-8-10-27(11-9-26)21(29)12-16-4-6-28(7-5-16)22-17(14-24)15-25-20-3-2-18(23)13-19(20)22/h2-3,13,15-16H,4-12H2,1H3. The highest BCUT2D eigenvalue weighted by Crippen LogP contribution is 2.34. The molecule has 0 saturated carbocycles. The number of amides is 1. The average molecular weight is 412 g/mol. The minimum Gasteiger partial charge on any atom is -0.370 e. The van der Waals surface area contributed by atoms with E-state index in [1.807, 2.05) is 23.1 Å². The van der Waals surface area contributed by atoms with Gasteiger partial charge in [0.2, 0.25) is 5.91 Å². The second kappa shape index (κ2) is 8.56. The van der Waals surface area contributed by atoms with Crippen LogP contribution < -0.4 is 4.90 Å². The Balaban J connectivity index is 1.44. The van der Waals surface area contributed by atoms with E-state index in [0.29, 0.717) is 22.9 Å². The molecular weight excluding hydrogens is 386 g/mol. The molecule has 2 fully saturated rings. The largest absolute Gasteiger partial charge is 0.370 e. The van der Waals surface area contributed by atoms with E-state index in [0.717, 1.165) is 68.7 Å². The van der Waals surface area contributed by atoms with Crippen molar-refractivity contribution >= 4 is 34.1 Å². The molecular formula is C22H26ClN5O. The Morgan fingerprint density at radius 3 is 2.62 bits per heavy atom. The molecule has 7 heteroatoms. The van der Waals surface area contributed by atoms with Gasteiger partial charge in [0.25, 0.3) is 0 Å². The second-order valence-electron chi connectivity index (χ2n) is 8.11. The highest BCUT2D eigenvalue weighted by molar-refractivity contribution is 6.31. The van der Waals surface area contributed by atoms with Gasteiger partial charge in [-0.05, 0) is 44.0 Å². The SMILES string of the molecule is CN1CCN(C(=O)CC2CCN(c3c(C#N)cnc4ccc(Cl)cc34)CC2)CC1. The number of nitrogens with zero attached hydrogens (tertiary/aromatic N) is 5. The Morgan fingerprint density at radius 1 is 1.21 bits per heavy atom. The summed E-state index contributed by atoms with van der Waals surface area (Å²) in [6, 6.07) is 7.89. The molecule has 2 saturated heterocycles. The van der Waals surface area contributed by atoms with Gasteiger partial charge in [-0.1, -0.05) is 11.6 Å². The first-order valence-corrected chi connectivity index (χ1v) is 10.6. The van der Waals surface area contributed by atoms with Crippen molar-refractivity contribution in [2.24, 2.45) is 5.92 Å². The Morgan fingerprint density at radius 2 is 1.93 bits per heavy atom. The number of carbonyl (C=O) groups is 1. The monoisotopic (exact) mass is 411 g/mol. The molecule has 152 valence electrons. The van der Waals surface area contributed by atoms with E-state index in [4.69, 9.17) is 11.6 Å². The molecule has 0 bridgehead atoms. The first-order chi connectivity index (χ1) is 14.0. The predicted molar refractivity (Wildman–Crippen MR) is 115 cm³/mol. The number of piperidine rings is 1. The number of pyridine rings is 1. The van der Waals surface area contributed by atoms with Crippen LogP contribution in [0.25, 0.3) is 10.9 Å². The number of nitriles is 1. The first kappa shape index (κ1) is 19.9. The van der Waals surface area contributed by atoms with Crippen LogP contribution in [0.15, 0.2) is 24.4 Å². The third-order valence-electron chi connectivity index (χ3n) is 6.17. The summed E-state index contributed by atoms with van der Waals surface area (Å²) in [4.78, 5) is 23.6. The van der Waals surface area contributed by atoms with Gasteiger partial charge in [0, 0.05) is 62.3 Å². The van der Waals surface area contributed by atoms with Crippen LogP contribution in [0, 0.1) is 17.2 Å². The maximum absolute atomic E-state index is 12.7. The Kier molecular flexibility index (Phi) is 5.89. The van der Waals surface area contributed by atoms with E-state index in [1.54, 1.807) is 6.20 Å². The van der Waals surface area contributed by atoms with Gasteiger partial charge in [-0.15, -0.1) is 0 Å². The molecule has 3 heterocycles. The zero-order chi connectivity index (χ0) is 20.4. The number of piperazine rings is 1. The van der Waals surface area contributed by atoms with E-state index in [-0.39, 0.29) is 5.91 Å². The molecule has 0 atom stereocenters. The van der Waals surface area contributed by atoms with Gasteiger partial charge >= 0.3 is 0 Å². The highest BCUT2D eigenvalue weighted by Gasteiger charge is 2.27. The van der Waals surface area contributed by atoms with Crippen LogP contribution in [0.1, 0.15) is 24.8 Å². The molecule has 1 aromatic heterocycles. The van der Waals surface area contributed by atoms with Crippen molar-refractivity contribution in [3.05, 3.63) is 35.0 Å². The number of hydrogen-bond donors (Lipinski definition) is 0. The van der Waals surface area contributed by atoms with Crippen molar-refractivity contribution in [1.29, 1.82) is 5.26 Å². The third kappa shape index (κ3) is 4.31. The number of benzene rings is 1. The van der Waals surface area contributed by atoms with Crippen molar-refractivity contribution < 1.29 is 4.79 Å². The third-order valence-corrected chi connectivity index (χ3v) is 6.41. The maximum atomic E-state index is 12.7. The van der Waals surface area contributed by atoms with Gasteiger partial charge < -0.3 is 14.7 Å². The van der Waals surface area contributed by atoms with Gasteiger partial charge in [-0.25, -0.2) is 0 Å². The van der Waals surface area contributed by atoms with Gasteiger partial charge in [0.1, 0.15) is 6.07 Å². The first-order valence-electron chi connectivity index (χ1n) is 10.2. The normalized spacial score (nSPS) is 18.8. The topological polar surface area (TPSA) is 63.5 Å². The molecule has 1 amide bonds. The van der Waals surface area contributed by atoms with Crippen molar-refractivity contribution in [2.75, 3.05) is 51.2 Å². The van der Waals surface area contributed by atoms with Crippen LogP contribution >= 0.6 is 11.6 Å². The van der Waals surface area contributed by atoms with Crippen LogP contribution in [0.3, 0.4) is 0 Å². The summed E-state index contributed by atoms with van der Waals surface area (Å²) in [7, 11) is 2.10. The van der Waals surface area contributed by atoms with Crippen LogP contribution in [0.5, 0.6) is 0 Å². The second-order valence-corrected chi connectivity index (χ2v) is 8.55. The molecule has 29 heavy (non-hydrogen) atoms. The Hall–Kier alpha value is -2.36. The van der Waals surface area contributed by atoms with Crippen molar-refractivity contribution in [3.8, 4) is 6.07 Å². The lowest BCUT2D eigenvalue weighted by Crippen LogP contribution is -2.47. The van der Waals surface area contributed by atoms with E-state index >= 15 is 0 Å². The van der Waals surface area contributed by atoms with Gasteiger partial charge in [-0.2, -0.15) is 5.26 Å². The number of rotatable bonds is 3. The molecule has 0 radical (unpaired) electrons. The van der Waals surface area contributed by atoms with Crippen LogP contribution in [0.4, 0.5) is 5.69 Å². The van der Waals surface area contributed by atoms with Crippen molar-refractivity contribution in [1.82, 2.24) is 14.8 Å². The van der Waals surface area contributed by atoms with Gasteiger partial charge in [0.05, 0.1) is 16.8 Å². The molecule has 4 rings (SSSR count). The zero-order valence-corrected chi connectivity index (χ0v) is 17.5. The van der Waals surface area contributed by atoms with E-state index in [2.05, 4.69) is 27.9 Å². The number of carbonyl (C=O) groups excluding carboxylic acids is 1. The number of likely N-dealkylation sites (N-methyl/N-ethyl adjacent to an activating group) is 1. The predicted octanol–water partition coefficient (Wildman–Crippen LogP) is 3.14. The fourth-order valence-electron chi connectivity index (χ4n) is 4.37. The fraction of sp³-hybridized carbons (Fsp3) is 0.500. The summed E-state index contributed by atoms with van der Waals surface area (Å²) in [6.07, 6.45) is 4.18. The summed E-state index contributed by atoms with van der Waals surface area (Å²) >= 11 is 6.21. The number of hydrogen-bond acceptors (Lipinski definition) is 5. The average Bonchev–Trinajstić information content (AvgIpc) is 2.74. The quantitative estimate of drug-likeness (QED) is 0.776. The smallest absolute Gasteiger partial charge is 0.222 e. The fourth-order valence-corrected chi connectivity index (χ4v) is 4.54. The Bertz CT molecular complexity index is 940. The maximum Gasteiger partial charge on any atom is 0.222 e. The summed E-state index contributed by atoms with van der Waals surface area (Å²) < 4.78 is 0. The summed E-state index contributed by atoms with van der Waals surface area (Å²) in [5.74, 6) is 0.691. The minimum atomic E-state index is 0.287. The number of halogens is 1. The molecule has 0 spiro atoms. The molecule has 0 aliphatic carbocycles. The molecule has 2 aromatic rings. The molecule has 6 nitrogen and oxygen atoms in total. The molecule has 0 N–H and O–H groups in total. The van der Waals surface area contributed by atoms with Gasteiger partial charge in [-0.3, -0.25) is 9.78 Å². The summed E-state index contributed by atoms with van der Waals surface area (Å²) in [5.41, 5.74) is 2.34. The van der Waals surface area contributed by atoms with Crippen LogP contribution in [-0.4, -0.2) is 67.0 Å². The van der Waals surface area contributed by atoms with E-state index in [1.165, 1.54) is 0 Å². The Labute approximate surface area is 176 Å². The minimum absolute atomic E-state index is 0.287. The molecule has 1 aromatic carbocycles. The van der Waals surface area contributed by atoms with Crippen molar-refractivity contribution in [2.45, 2.75) is 19.3 Å². The van der Waals surface area contributed by atoms with Crippen LogP contribution in [-0.2, 0) is 4.79 Å². The lowest BCUT2D eigenvalue weighted by molar-refractivity contribution is -0.133. The lowest BCUT2D eigenvalue weighted by Gasteiger charge is -2.36. The molecule has 2 aliphatic heterocycles. The summed E-state index contributed by atoms with van der Waals surface area (Å²) in [6.45, 7) is 5.26. The van der Waals surface area contributed by atoms with Crippen molar-refractivity contribution in [3.63, 3.8) is 0 Å². The number of fused-ring (bicyclic) bond motifs is 1. The zero-order valence-electron chi connectivity index (χ0n) is 16.8. The van der Waals surface area contributed by atoms with Crippen LogP contribution in [0.2, 0.25) is 5.02 Å². The van der Waals surface area contributed by atoms with Gasteiger partial charge in [0.15, 0.2) is 0 Å². The molecule has 0 unspecified atom stereocenters. The van der Waals surface area contributed by atoms with E-state index < -0.39 is 0 Å². The lowest BCUT2D eigenvalue weighted by atomic mass is 9.92.